The number of aromatic amines is 1. The van der Waals surface area contributed by atoms with Crippen LogP contribution in [0.3, 0.4) is 0 Å². The van der Waals surface area contributed by atoms with Crippen LogP contribution in [0.4, 0.5) is 5.69 Å². The smallest absolute Gasteiger partial charge is 0.327 e. The zero-order valence-corrected chi connectivity index (χ0v) is 10.4. The van der Waals surface area contributed by atoms with Gasteiger partial charge in [0.15, 0.2) is 0 Å². The number of anilines is 1. The van der Waals surface area contributed by atoms with E-state index >= 15 is 0 Å². The van der Waals surface area contributed by atoms with Gasteiger partial charge in [0.05, 0.1) is 12.3 Å². The van der Waals surface area contributed by atoms with Gasteiger partial charge < -0.3 is 10.5 Å². The Morgan fingerprint density at radius 2 is 2.18 bits per heavy atom. The fourth-order valence-corrected chi connectivity index (χ4v) is 1.56. The third kappa shape index (κ3) is 3.37. The topological polar surface area (TPSA) is 90.1 Å². The molecular weight excluding hydrogens is 222 g/mol. The van der Waals surface area contributed by atoms with Gasteiger partial charge in [-0.25, -0.2) is 4.68 Å². The third-order valence-electron chi connectivity index (χ3n) is 2.28. The Morgan fingerprint density at radius 3 is 2.71 bits per heavy atom. The van der Waals surface area contributed by atoms with Gasteiger partial charge in [-0.2, -0.15) is 0 Å². The van der Waals surface area contributed by atoms with Crippen LogP contribution in [-0.2, 0) is 22.5 Å². The lowest BCUT2D eigenvalue weighted by Gasteiger charge is -2.03. The van der Waals surface area contributed by atoms with Gasteiger partial charge in [0, 0.05) is 0 Å². The number of rotatable bonds is 5. The molecule has 0 aliphatic carbocycles. The Hall–Kier alpha value is -1.72. The summed E-state index contributed by atoms with van der Waals surface area (Å²) in [6.07, 6.45) is 0.677. The third-order valence-corrected chi connectivity index (χ3v) is 2.28. The summed E-state index contributed by atoms with van der Waals surface area (Å²) in [7, 11) is 0. The van der Waals surface area contributed by atoms with Crippen LogP contribution >= 0.6 is 0 Å². The predicted molar refractivity (Wildman–Crippen MR) is 64.6 cm³/mol. The Kier molecular flexibility index (Phi) is 4.37. The van der Waals surface area contributed by atoms with Gasteiger partial charge >= 0.3 is 5.97 Å². The summed E-state index contributed by atoms with van der Waals surface area (Å²) in [5.41, 5.74) is 6.18. The van der Waals surface area contributed by atoms with Crippen LogP contribution in [0.5, 0.6) is 0 Å². The first-order valence-corrected chi connectivity index (χ1v) is 5.68. The van der Waals surface area contributed by atoms with Crippen molar-refractivity contribution < 1.29 is 9.53 Å². The molecule has 0 radical (unpaired) electrons. The van der Waals surface area contributed by atoms with E-state index in [-0.39, 0.29) is 17.8 Å². The number of hydrogen-bond acceptors (Lipinski definition) is 4. The first kappa shape index (κ1) is 13.3. The van der Waals surface area contributed by atoms with Crippen molar-refractivity contribution in [2.75, 3.05) is 12.3 Å². The van der Waals surface area contributed by atoms with Crippen LogP contribution in [0.1, 0.15) is 26.5 Å². The first-order valence-electron chi connectivity index (χ1n) is 5.68. The second-order valence-corrected chi connectivity index (χ2v) is 4.30. The molecule has 1 heterocycles. The van der Waals surface area contributed by atoms with E-state index in [1.807, 2.05) is 13.8 Å². The molecule has 0 saturated carbocycles. The number of carbonyl (C=O) groups excluding carboxylic acids is 1. The molecule has 3 N–H and O–H groups in total. The predicted octanol–water partition coefficient (Wildman–Crippen LogP) is 0.520. The molecule has 0 spiro atoms. The number of esters is 1. The number of H-pyrrole nitrogens is 1. The second kappa shape index (κ2) is 5.56. The summed E-state index contributed by atoms with van der Waals surface area (Å²) in [6, 6.07) is 0. The fraction of sp³-hybridized carbons (Fsp3) is 0.636. The highest BCUT2D eigenvalue weighted by Crippen LogP contribution is 2.09. The van der Waals surface area contributed by atoms with E-state index in [2.05, 4.69) is 5.10 Å². The molecule has 0 saturated heterocycles. The minimum Gasteiger partial charge on any atom is -0.465 e. The second-order valence-electron chi connectivity index (χ2n) is 4.30. The van der Waals surface area contributed by atoms with Gasteiger partial charge in [0.2, 0.25) is 0 Å². The molecular formula is C11H19N3O3. The van der Waals surface area contributed by atoms with Gasteiger partial charge in [-0.05, 0) is 19.3 Å². The van der Waals surface area contributed by atoms with Crippen LogP contribution in [-0.4, -0.2) is 22.4 Å². The van der Waals surface area contributed by atoms with Crippen molar-refractivity contribution in [3.63, 3.8) is 0 Å². The van der Waals surface area contributed by atoms with Crippen molar-refractivity contribution >= 4 is 11.7 Å². The molecule has 0 aliphatic heterocycles. The Morgan fingerprint density at radius 1 is 1.53 bits per heavy atom. The maximum absolute atomic E-state index is 11.7. The van der Waals surface area contributed by atoms with E-state index in [4.69, 9.17) is 10.5 Å². The molecule has 0 atom stereocenters. The molecule has 96 valence electrons. The van der Waals surface area contributed by atoms with Crippen LogP contribution in [0.2, 0.25) is 0 Å². The van der Waals surface area contributed by atoms with Crippen LogP contribution in [0.15, 0.2) is 4.79 Å². The molecule has 0 bridgehead atoms. The lowest BCUT2D eigenvalue weighted by Crippen LogP contribution is -2.24. The summed E-state index contributed by atoms with van der Waals surface area (Å²) < 4.78 is 5.96. The van der Waals surface area contributed by atoms with Gasteiger partial charge in [-0.15, -0.1) is 0 Å². The van der Waals surface area contributed by atoms with Gasteiger partial charge in [-0.3, -0.25) is 14.7 Å². The molecule has 1 rings (SSSR count). The summed E-state index contributed by atoms with van der Waals surface area (Å²) >= 11 is 0. The molecule has 1 aromatic rings. The number of hydrogen-bond donors (Lipinski definition) is 2. The van der Waals surface area contributed by atoms with Crippen molar-refractivity contribution in [1.82, 2.24) is 9.78 Å². The summed E-state index contributed by atoms with van der Waals surface area (Å²) in [5.74, 6) is -0.0710. The van der Waals surface area contributed by atoms with Crippen molar-refractivity contribution in [3.05, 3.63) is 16.0 Å². The molecule has 0 unspecified atom stereocenters. The highest BCUT2D eigenvalue weighted by molar-refractivity contribution is 5.69. The van der Waals surface area contributed by atoms with Crippen molar-refractivity contribution in [1.29, 1.82) is 0 Å². The zero-order chi connectivity index (χ0) is 13.0. The number of carbonyl (C=O) groups is 1. The molecule has 0 amide bonds. The van der Waals surface area contributed by atoms with E-state index in [0.29, 0.717) is 24.6 Å². The minimum absolute atomic E-state index is 0.130. The monoisotopic (exact) mass is 241 g/mol. The largest absolute Gasteiger partial charge is 0.465 e. The lowest BCUT2D eigenvalue weighted by atomic mass is 10.1. The number of nitrogens with one attached hydrogen (secondary N) is 1. The summed E-state index contributed by atoms with van der Waals surface area (Å²) in [5, 5.41) is 2.85. The number of ether oxygens (including phenoxy) is 1. The average Bonchev–Trinajstić information content (AvgIpc) is 2.46. The minimum atomic E-state index is -0.452. The molecule has 0 aliphatic rings. The van der Waals surface area contributed by atoms with Crippen molar-refractivity contribution in [2.24, 2.45) is 5.92 Å². The summed E-state index contributed by atoms with van der Waals surface area (Å²) in [4.78, 5) is 23.0. The Bertz CT molecular complexity index is 445. The molecule has 0 fully saturated rings. The molecule has 1 aromatic heterocycles. The quantitative estimate of drug-likeness (QED) is 0.735. The normalized spacial score (nSPS) is 10.8. The maximum Gasteiger partial charge on any atom is 0.327 e. The lowest BCUT2D eigenvalue weighted by molar-refractivity contribution is -0.144. The maximum atomic E-state index is 11.7. The average molecular weight is 241 g/mol. The van der Waals surface area contributed by atoms with E-state index in [9.17, 15) is 9.59 Å². The summed E-state index contributed by atoms with van der Waals surface area (Å²) in [6.45, 7) is 5.94. The number of nitrogens with two attached hydrogens (primary N) is 1. The molecule has 0 aromatic carbocycles. The van der Waals surface area contributed by atoms with Crippen LogP contribution in [0, 0.1) is 5.92 Å². The van der Waals surface area contributed by atoms with Crippen LogP contribution in [0.25, 0.3) is 0 Å². The van der Waals surface area contributed by atoms with Crippen LogP contribution < -0.4 is 11.3 Å². The van der Waals surface area contributed by atoms with E-state index in [0.717, 1.165) is 0 Å². The standard InChI is InChI=1S/C11H19N3O3/c1-4-17-9(15)6-14-11(16)10(12)8(13-14)5-7(2)3/h7,13H,4-6,12H2,1-3H3. The fourth-order valence-electron chi connectivity index (χ4n) is 1.56. The van der Waals surface area contributed by atoms with E-state index in [1.54, 1.807) is 6.92 Å². The highest BCUT2D eigenvalue weighted by atomic mass is 16.5. The Labute approximate surface area is 99.7 Å². The zero-order valence-electron chi connectivity index (χ0n) is 10.4. The molecule has 6 heteroatoms. The first-order chi connectivity index (χ1) is 7.95. The number of nitrogen functional groups attached to an aromatic ring is 1. The number of aromatic nitrogens is 2. The molecule has 6 nitrogen and oxygen atoms in total. The van der Waals surface area contributed by atoms with E-state index in [1.165, 1.54) is 4.68 Å². The van der Waals surface area contributed by atoms with Crippen molar-refractivity contribution in [2.45, 2.75) is 33.7 Å². The van der Waals surface area contributed by atoms with Gasteiger partial charge in [0.1, 0.15) is 12.2 Å². The number of nitrogens with zero attached hydrogens (tertiary/aromatic N) is 1. The Balaban J connectivity index is 2.87. The molecule has 17 heavy (non-hydrogen) atoms. The van der Waals surface area contributed by atoms with Gasteiger partial charge in [-0.1, -0.05) is 13.8 Å². The van der Waals surface area contributed by atoms with Gasteiger partial charge in [0.25, 0.3) is 5.56 Å². The van der Waals surface area contributed by atoms with Crippen molar-refractivity contribution in [3.8, 4) is 0 Å². The van der Waals surface area contributed by atoms with E-state index < -0.39 is 5.97 Å². The SMILES string of the molecule is CCOC(=O)Cn1[nH]c(CC(C)C)c(N)c1=O. The highest BCUT2D eigenvalue weighted by Gasteiger charge is 2.14.